The molecule has 0 aliphatic heterocycles. The minimum absolute atomic E-state index is 0.0805. The first-order valence-electron chi connectivity index (χ1n) is 9.06. The van der Waals surface area contributed by atoms with Gasteiger partial charge in [-0.2, -0.15) is 18.3 Å². The summed E-state index contributed by atoms with van der Waals surface area (Å²) in [5.74, 6) is -0.784. The first-order valence-corrected chi connectivity index (χ1v) is 9.44. The molecule has 11 heteroatoms. The molecule has 2 heterocycles. The van der Waals surface area contributed by atoms with Gasteiger partial charge in [0.1, 0.15) is 5.58 Å². The molecule has 1 amide bonds. The number of halogens is 4. The molecule has 0 saturated carbocycles. The number of anilines is 1. The zero-order chi connectivity index (χ0) is 23.0. The summed E-state index contributed by atoms with van der Waals surface area (Å²) < 4.78 is 51.7. The molecule has 7 nitrogen and oxygen atoms in total. The number of carbonyl (C=O) groups excluding carboxylic acids is 1. The van der Waals surface area contributed by atoms with E-state index in [0.29, 0.717) is 20.7 Å². The fourth-order valence-corrected chi connectivity index (χ4v) is 3.22. The molecule has 32 heavy (non-hydrogen) atoms. The van der Waals surface area contributed by atoms with Gasteiger partial charge in [-0.1, -0.05) is 11.6 Å². The molecule has 0 radical (unpaired) electrons. The lowest BCUT2D eigenvalue weighted by Gasteiger charge is -2.13. The number of hydrogen-bond acceptors (Lipinski definition) is 5. The topological polar surface area (TPSA) is 86.4 Å². The lowest BCUT2D eigenvalue weighted by molar-refractivity contribution is -0.143. The van der Waals surface area contributed by atoms with Crippen LogP contribution in [0.25, 0.3) is 16.7 Å². The predicted molar refractivity (Wildman–Crippen MR) is 110 cm³/mol. The average Bonchev–Trinajstić information content (AvgIpc) is 3.12. The Morgan fingerprint density at radius 2 is 1.88 bits per heavy atom. The van der Waals surface area contributed by atoms with Crippen LogP contribution in [0.5, 0.6) is 5.75 Å². The van der Waals surface area contributed by atoms with Gasteiger partial charge >= 0.3 is 17.9 Å². The Balaban J connectivity index is 1.61. The Bertz CT molecular complexity index is 1380. The van der Waals surface area contributed by atoms with Crippen molar-refractivity contribution in [3.05, 3.63) is 81.4 Å². The standard InChI is InChI=1S/C21H13ClF3N3O4/c1-11-8-18(29)31-16-9-13(4-7-15(11)16)27-20(30)32-17-10-26-28(19(17)21(23,24)25)14-5-2-12(22)3-6-14/h2-10H,1H3,(H,27,30). The molecule has 0 aliphatic rings. The number of benzene rings is 2. The lowest BCUT2D eigenvalue weighted by Crippen LogP contribution is -2.20. The number of nitrogens with one attached hydrogen (secondary N) is 1. The van der Waals surface area contributed by atoms with E-state index in [1.807, 2.05) is 0 Å². The summed E-state index contributed by atoms with van der Waals surface area (Å²) >= 11 is 5.78. The van der Waals surface area contributed by atoms with Crippen molar-refractivity contribution in [3.8, 4) is 11.4 Å². The number of alkyl halides is 3. The Hall–Kier alpha value is -3.79. The molecule has 0 bridgehead atoms. The number of nitrogens with zero attached hydrogens (tertiary/aromatic N) is 2. The van der Waals surface area contributed by atoms with Crippen LogP contribution in [-0.4, -0.2) is 15.9 Å². The van der Waals surface area contributed by atoms with E-state index in [-0.39, 0.29) is 17.0 Å². The number of aryl methyl sites for hydroxylation is 1. The number of hydrogen-bond donors (Lipinski definition) is 1. The van der Waals surface area contributed by atoms with Crippen LogP contribution in [0.2, 0.25) is 5.02 Å². The second-order valence-corrected chi connectivity index (χ2v) is 7.15. The summed E-state index contributed by atoms with van der Waals surface area (Å²) in [7, 11) is 0. The maximum atomic E-state index is 13.7. The van der Waals surface area contributed by atoms with Gasteiger partial charge in [-0.3, -0.25) is 5.32 Å². The molecule has 2 aromatic heterocycles. The molecule has 0 saturated heterocycles. The van der Waals surface area contributed by atoms with E-state index in [1.165, 1.54) is 42.5 Å². The highest BCUT2D eigenvalue weighted by molar-refractivity contribution is 6.30. The van der Waals surface area contributed by atoms with Crippen LogP contribution in [-0.2, 0) is 6.18 Å². The third-order valence-electron chi connectivity index (χ3n) is 4.48. The van der Waals surface area contributed by atoms with Crippen molar-refractivity contribution < 1.29 is 27.1 Å². The van der Waals surface area contributed by atoms with Crippen molar-refractivity contribution in [2.75, 3.05) is 5.32 Å². The predicted octanol–water partition coefficient (Wildman–Crippen LogP) is 5.57. The van der Waals surface area contributed by atoms with Gasteiger partial charge in [-0.15, -0.1) is 0 Å². The number of amides is 1. The third-order valence-corrected chi connectivity index (χ3v) is 4.73. The Kier molecular flexibility index (Phi) is 5.39. The number of ether oxygens (including phenoxy) is 1. The van der Waals surface area contributed by atoms with Crippen molar-refractivity contribution in [2.45, 2.75) is 13.1 Å². The maximum absolute atomic E-state index is 13.7. The van der Waals surface area contributed by atoms with Crippen LogP contribution >= 0.6 is 11.6 Å². The maximum Gasteiger partial charge on any atom is 0.437 e. The SMILES string of the molecule is Cc1cc(=O)oc2cc(NC(=O)Oc3cnn(-c4ccc(Cl)cc4)c3C(F)(F)F)ccc12. The molecule has 4 rings (SSSR count). The Labute approximate surface area is 183 Å². The van der Waals surface area contributed by atoms with Crippen LogP contribution < -0.4 is 15.7 Å². The minimum atomic E-state index is -4.87. The van der Waals surface area contributed by atoms with E-state index in [2.05, 4.69) is 10.4 Å². The molecule has 0 spiro atoms. The van der Waals surface area contributed by atoms with Crippen LogP contribution in [0.4, 0.5) is 23.7 Å². The van der Waals surface area contributed by atoms with E-state index in [1.54, 1.807) is 13.0 Å². The number of rotatable bonds is 3. The fraction of sp³-hybridized carbons (Fsp3) is 0.0952. The summed E-state index contributed by atoms with van der Waals surface area (Å²) in [4.78, 5) is 23.8. The second kappa shape index (κ2) is 8.04. The number of carbonyl (C=O) groups is 1. The highest BCUT2D eigenvalue weighted by Gasteiger charge is 2.40. The highest BCUT2D eigenvalue weighted by Crippen LogP contribution is 2.38. The van der Waals surface area contributed by atoms with E-state index in [9.17, 15) is 22.8 Å². The lowest BCUT2D eigenvalue weighted by atomic mass is 10.1. The second-order valence-electron chi connectivity index (χ2n) is 6.72. The van der Waals surface area contributed by atoms with Crippen LogP contribution in [0, 0.1) is 6.92 Å². The summed E-state index contributed by atoms with van der Waals surface area (Å²) in [6, 6.07) is 11.3. The van der Waals surface area contributed by atoms with Gasteiger partial charge < -0.3 is 9.15 Å². The Morgan fingerprint density at radius 1 is 1.16 bits per heavy atom. The monoisotopic (exact) mass is 463 g/mol. The molecular formula is C21H13ClF3N3O4. The number of fused-ring (bicyclic) bond motifs is 1. The van der Waals surface area contributed by atoms with Gasteiger partial charge in [-0.05, 0) is 48.9 Å². The van der Waals surface area contributed by atoms with Crippen molar-refractivity contribution in [1.82, 2.24) is 9.78 Å². The normalized spacial score (nSPS) is 11.5. The molecule has 164 valence electrons. The zero-order valence-corrected chi connectivity index (χ0v) is 17.0. The molecular weight excluding hydrogens is 451 g/mol. The van der Waals surface area contributed by atoms with Gasteiger partial charge in [0, 0.05) is 28.2 Å². The summed E-state index contributed by atoms with van der Waals surface area (Å²) in [6.07, 6.45) is -5.25. The van der Waals surface area contributed by atoms with Crippen molar-refractivity contribution in [3.63, 3.8) is 0 Å². The largest absolute Gasteiger partial charge is 0.437 e. The first-order chi connectivity index (χ1) is 15.1. The molecule has 2 aromatic carbocycles. The zero-order valence-electron chi connectivity index (χ0n) is 16.2. The first kappa shape index (κ1) is 21.4. The van der Waals surface area contributed by atoms with Crippen molar-refractivity contribution >= 4 is 34.4 Å². The van der Waals surface area contributed by atoms with E-state index < -0.39 is 29.3 Å². The van der Waals surface area contributed by atoms with Crippen LogP contribution in [0.1, 0.15) is 11.3 Å². The third kappa shape index (κ3) is 4.30. The summed E-state index contributed by atoms with van der Waals surface area (Å²) in [6.45, 7) is 1.72. The molecule has 0 atom stereocenters. The summed E-state index contributed by atoms with van der Waals surface area (Å²) in [5, 5.41) is 7.00. The molecule has 4 aromatic rings. The smallest absolute Gasteiger partial charge is 0.423 e. The van der Waals surface area contributed by atoms with Gasteiger partial charge in [0.2, 0.25) is 0 Å². The van der Waals surface area contributed by atoms with E-state index in [0.717, 1.165) is 6.20 Å². The molecule has 1 N–H and O–H groups in total. The van der Waals surface area contributed by atoms with Gasteiger partial charge in [0.15, 0.2) is 11.4 Å². The van der Waals surface area contributed by atoms with E-state index >= 15 is 0 Å². The van der Waals surface area contributed by atoms with E-state index in [4.69, 9.17) is 20.8 Å². The van der Waals surface area contributed by atoms with Crippen molar-refractivity contribution in [2.24, 2.45) is 0 Å². The Morgan fingerprint density at radius 3 is 2.56 bits per heavy atom. The van der Waals surface area contributed by atoms with Gasteiger partial charge in [0.25, 0.3) is 0 Å². The molecule has 0 aliphatic carbocycles. The average molecular weight is 464 g/mol. The van der Waals surface area contributed by atoms with Gasteiger partial charge in [0.05, 0.1) is 11.9 Å². The molecule has 0 fully saturated rings. The quantitative estimate of drug-likeness (QED) is 0.401. The number of aromatic nitrogens is 2. The summed E-state index contributed by atoms with van der Waals surface area (Å²) in [5.41, 5.74) is -0.713. The fourth-order valence-electron chi connectivity index (χ4n) is 3.09. The van der Waals surface area contributed by atoms with Crippen molar-refractivity contribution in [1.29, 1.82) is 0 Å². The van der Waals surface area contributed by atoms with Gasteiger partial charge in [-0.25, -0.2) is 14.3 Å². The van der Waals surface area contributed by atoms with Crippen LogP contribution in [0.3, 0.4) is 0 Å². The molecule has 0 unspecified atom stereocenters. The van der Waals surface area contributed by atoms with Crippen LogP contribution in [0.15, 0.2) is 63.9 Å². The minimum Gasteiger partial charge on any atom is -0.423 e. The highest BCUT2D eigenvalue weighted by atomic mass is 35.5.